The molecule has 7 heteroatoms. The molecular weight excluding hydrogens is 354 g/mol. The molecule has 0 aliphatic carbocycles. The first-order valence-corrected chi connectivity index (χ1v) is 9.66. The van der Waals surface area contributed by atoms with Crippen LogP contribution >= 0.6 is 11.8 Å². The molecule has 26 heavy (non-hydrogen) atoms. The number of carbonyl (C=O) groups is 3. The molecule has 1 aromatic carbocycles. The molecule has 1 aromatic rings. The van der Waals surface area contributed by atoms with E-state index >= 15 is 0 Å². The molecule has 136 valence electrons. The van der Waals surface area contributed by atoms with Crippen LogP contribution in [0.25, 0.3) is 0 Å². The lowest BCUT2D eigenvalue weighted by Crippen LogP contribution is -2.37. The van der Waals surface area contributed by atoms with E-state index in [1.807, 2.05) is 42.5 Å². The van der Waals surface area contributed by atoms with Crippen molar-refractivity contribution in [1.82, 2.24) is 4.90 Å². The molecule has 4 rings (SSSR count). The van der Waals surface area contributed by atoms with E-state index in [0.717, 1.165) is 4.90 Å². The zero-order valence-electron chi connectivity index (χ0n) is 14.1. The van der Waals surface area contributed by atoms with Gasteiger partial charge < -0.3 is 9.47 Å². The molecule has 4 atom stereocenters. The third kappa shape index (κ3) is 3.17. The highest BCUT2D eigenvalue weighted by Crippen LogP contribution is 2.44. The van der Waals surface area contributed by atoms with E-state index in [-0.39, 0.29) is 49.6 Å². The maximum atomic E-state index is 12.4. The first-order valence-electron chi connectivity index (χ1n) is 8.67. The maximum absolute atomic E-state index is 12.4. The summed E-state index contributed by atoms with van der Waals surface area (Å²) in [7, 11) is 0. The van der Waals surface area contributed by atoms with Crippen molar-refractivity contribution in [2.45, 2.75) is 23.5 Å². The number of imide groups is 1. The SMILES string of the molecule is O=C(CCSc1ccccc1)OCCN1C(=O)C2C3C=CC(O3)C2C1=O. The van der Waals surface area contributed by atoms with Gasteiger partial charge in [0.2, 0.25) is 11.8 Å². The number of likely N-dealkylation sites (tertiary alicyclic amines) is 1. The van der Waals surface area contributed by atoms with E-state index in [1.165, 1.54) is 4.90 Å². The minimum atomic E-state index is -0.407. The van der Waals surface area contributed by atoms with Crippen LogP contribution in [-0.4, -0.2) is 53.8 Å². The molecule has 0 radical (unpaired) electrons. The number of hydrogen-bond donors (Lipinski definition) is 0. The summed E-state index contributed by atoms with van der Waals surface area (Å²) in [5.74, 6) is -0.940. The van der Waals surface area contributed by atoms with Gasteiger partial charge in [0.15, 0.2) is 0 Å². The summed E-state index contributed by atoms with van der Waals surface area (Å²) in [6.07, 6.45) is 3.41. The van der Waals surface area contributed by atoms with Crippen LogP contribution in [0.4, 0.5) is 0 Å². The number of esters is 1. The summed E-state index contributed by atoms with van der Waals surface area (Å²) in [5, 5.41) is 0. The van der Waals surface area contributed by atoms with Crippen LogP contribution in [0, 0.1) is 11.8 Å². The molecule has 0 spiro atoms. The molecule has 2 amide bonds. The van der Waals surface area contributed by atoms with Crippen molar-refractivity contribution in [2.75, 3.05) is 18.9 Å². The van der Waals surface area contributed by atoms with Crippen molar-refractivity contribution < 1.29 is 23.9 Å². The summed E-state index contributed by atoms with van der Waals surface area (Å²) >= 11 is 1.59. The number of ether oxygens (including phenoxy) is 2. The topological polar surface area (TPSA) is 72.9 Å². The first kappa shape index (κ1) is 17.3. The fraction of sp³-hybridized carbons (Fsp3) is 0.421. The highest BCUT2D eigenvalue weighted by Gasteiger charge is 2.60. The Balaban J connectivity index is 1.20. The Kier molecular flexibility index (Phi) is 4.82. The minimum Gasteiger partial charge on any atom is -0.464 e. The van der Waals surface area contributed by atoms with Crippen LogP contribution < -0.4 is 0 Å². The van der Waals surface area contributed by atoms with Gasteiger partial charge in [0.1, 0.15) is 6.61 Å². The van der Waals surface area contributed by atoms with Crippen molar-refractivity contribution in [2.24, 2.45) is 11.8 Å². The van der Waals surface area contributed by atoms with Crippen LogP contribution in [0.15, 0.2) is 47.4 Å². The second-order valence-electron chi connectivity index (χ2n) is 6.46. The molecule has 3 aliphatic heterocycles. The largest absolute Gasteiger partial charge is 0.464 e. The Labute approximate surface area is 155 Å². The Bertz CT molecular complexity index is 720. The number of thioether (sulfide) groups is 1. The predicted molar refractivity (Wildman–Crippen MR) is 94.2 cm³/mol. The summed E-state index contributed by atoms with van der Waals surface area (Å²) in [4.78, 5) is 39.0. The smallest absolute Gasteiger partial charge is 0.306 e. The normalized spacial score (nSPS) is 28.7. The van der Waals surface area contributed by atoms with Crippen LogP contribution in [-0.2, 0) is 23.9 Å². The molecule has 0 N–H and O–H groups in total. The van der Waals surface area contributed by atoms with Gasteiger partial charge in [-0.1, -0.05) is 30.4 Å². The van der Waals surface area contributed by atoms with Crippen molar-refractivity contribution >= 4 is 29.5 Å². The van der Waals surface area contributed by atoms with Gasteiger partial charge in [0.25, 0.3) is 0 Å². The second-order valence-corrected chi connectivity index (χ2v) is 7.63. The highest BCUT2D eigenvalue weighted by atomic mass is 32.2. The zero-order chi connectivity index (χ0) is 18.1. The van der Waals surface area contributed by atoms with Crippen molar-refractivity contribution in [3.63, 3.8) is 0 Å². The molecule has 4 unspecified atom stereocenters. The van der Waals surface area contributed by atoms with Gasteiger partial charge in [-0.3, -0.25) is 19.3 Å². The van der Waals surface area contributed by atoms with E-state index in [4.69, 9.17) is 9.47 Å². The Morgan fingerprint density at radius 2 is 1.73 bits per heavy atom. The quantitative estimate of drug-likeness (QED) is 0.313. The Morgan fingerprint density at radius 1 is 1.08 bits per heavy atom. The van der Waals surface area contributed by atoms with Gasteiger partial charge >= 0.3 is 5.97 Å². The zero-order valence-corrected chi connectivity index (χ0v) is 14.9. The van der Waals surface area contributed by atoms with Crippen molar-refractivity contribution in [3.8, 4) is 0 Å². The van der Waals surface area contributed by atoms with Crippen LogP contribution in [0.1, 0.15) is 6.42 Å². The molecule has 3 aliphatic rings. The first-order chi connectivity index (χ1) is 12.6. The number of nitrogens with zero attached hydrogens (tertiary/aromatic N) is 1. The summed E-state index contributed by atoms with van der Waals surface area (Å²) < 4.78 is 10.8. The molecule has 2 bridgehead atoms. The van der Waals surface area contributed by atoms with E-state index < -0.39 is 11.8 Å². The third-order valence-electron chi connectivity index (χ3n) is 4.90. The number of hydrogen-bond acceptors (Lipinski definition) is 6. The van der Waals surface area contributed by atoms with Crippen LogP contribution in [0.2, 0.25) is 0 Å². The lowest BCUT2D eigenvalue weighted by molar-refractivity contribution is -0.149. The number of fused-ring (bicyclic) bond motifs is 5. The molecule has 0 saturated carbocycles. The standard InChI is InChI=1S/C19H19NO5S/c21-15(8-11-26-12-4-2-1-3-5-12)24-10-9-20-18(22)16-13-6-7-14(25-13)17(16)19(20)23/h1-7,13-14,16-17H,8-11H2. The fourth-order valence-electron chi connectivity index (χ4n) is 3.68. The lowest BCUT2D eigenvalue weighted by Gasteiger charge is -2.17. The number of rotatable bonds is 7. The average molecular weight is 373 g/mol. The third-order valence-corrected chi connectivity index (χ3v) is 5.91. The van der Waals surface area contributed by atoms with E-state index in [0.29, 0.717) is 5.75 Å². The van der Waals surface area contributed by atoms with Gasteiger partial charge in [-0.25, -0.2) is 0 Å². The number of benzene rings is 1. The number of carbonyl (C=O) groups excluding carboxylic acids is 3. The van der Waals surface area contributed by atoms with Crippen LogP contribution in [0.5, 0.6) is 0 Å². The Morgan fingerprint density at radius 3 is 2.38 bits per heavy atom. The molecule has 2 fully saturated rings. The van der Waals surface area contributed by atoms with Gasteiger partial charge in [-0.05, 0) is 12.1 Å². The van der Waals surface area contributed by atoms with Gasteiger partial charge in [-0.2, -0.15) is 0 Å². The van der Waals surface area contributed by atoms with Gasteiger partial charge in [0, 0.05) is 10.6 Å². The molecule has 6 nitrogen and oxygen atoms in total. The second kappa shape index (κ2) is 7.25. The molecular formula is C19H19NO5S. The average Bonchev–Trinajstić information content (AvgIpc) is 3.32. The van der Waals surface area contributed by atoms with Crippen molar-refractivity contribution in [1.29, 1.82) is 0 Å². The predicted octanol–water partition coefficient (Wildman–Crippen LogP) is 1.65. The molecule has 2 saturated heterocycles. The molecule has 0 aromatic heterocycles. The van der Waals surface area contributed by atoms with Gasteiger partial charge in [-0.15, -0.1) is 11.8 Å². The maximum Gasteiger partial charge on any atom is 0.306 e. The molecule has 3 heterocycles. The van der Waals surface area contributed by atoms with E-state index in [2.05, 4.69) is 0 Å². The van der Waals surface area contributed by atoms with E-state index in [9.17, 15) is 14.4 Å². The highest BCUT2D eigenvalue weighted by molar-refractivity contribution is 7.99. The minimum absolute atomic E-state index is 0.0371. The summed E-state index contributed by atoms with van der Waals surface area (Å²) in [6, 6.07) is 9.83. The van der Waals surface area contributed by atoms with Gasteiger partial charge in [0.05, 0.1) is 37.0 Å². The van der Waals surface area contributed by atoms with Crippen molar-refractivity contribution in [3.05, 3.63) is 42.5 Å². The van der Waals surface area contributed by atoms with Crippen LogP contribution in [0.3, 0.4) is 0 Å². The monoisotopic (exact) mass is 373 g/mol. The number of amides is 2. The summed E-state index contributed by atoms with van der Waals surface area (Å²) in [6.45, 7) is 0.150. The Hall–Kier alpha value is -2.12. The fourth-order valence-corrected chi connectivity index (χ4v) is 4.53. The lowest BCUT2D eigenvalue weighted by atomic mass is 9.85. The van der Waals surface area contributed by atoms with E-state index in [1.54, 1.807) is 11.8 Å². The summed E-state index contributed by atoms with van der Waals surface area (Å²) in [5.41, 5.74) is 0.